The SMILES string of the molecule is O=C(N[C@H]1CCCC[C@@H]1O)c1cc(Cc2ccc(Cl)nc2)c2cccnn12. The van der Waals surface area contributed by atoms with E-state index in [0.717, 1.165) is 42.3 Å². The lowest BCUT2D eigenvalue weighted by molar-refractivity contribution is 0.0712. The molecule has 7 heteroatoms. The van der Waals surface area contributed by atoms with Crippen molar-refractivity contribution in [2.24, 2.45) is 0 Å². The molecule has 27 heavy (non-hydrogen) atoms. The number of aromatic nitrogens is 3. The molecule has 3 aromatic rings. The van der Waals surface area contributed by atoms with Crippen LogP contribution in [0.4, 0.5) is 0 Å². The van der Waals surface area contributed by atoms with Gasteiger partial charge in [-0.1, -0.05) is 30.5 Å². The summed E-state index contributed by atoms with van der Waals surface area (Å²) in [7, 11) is 0. The summed E-state index contributed by atoms with van der Waals surface area (Å²) in [6, 6.07) is 9.13. The van der Waals surface area contributed by atoms with Crippen molar-refractivity contribution in [1.29, 1.82) is 0 Å². The maximum Gasteiger partial charge on any atom is 0.270 e. The topological polar surface area (TPSA) is 79.5 Å². The zero-order chi connectivity index (χ0) is 18.8. The molecule has 3 heterocycles. The van der Waals surface area contributed by atoms with Gasteiger partial charge in [-0.3, -0.25) is 4.79 Å². The standard InChI is InChI=1S/C20H21ClN4O2/c21-19-8-7-13(12-22-19)10-14-11-17(25-16(14)5-3-9-23-25)20(27)24-15-4-1-2-6-18(15)26/h3,5,7-9,11-12,15,18,26H,1-2,4,6,10H2,(H,24,27)/t15-,18-/m0/s1. The van der Waals surface area contributed by atoms with Gasteiger partial charge in [0.2, 0.25) is 0 Å². The number of carbonyl (C=O) groups excluding carboxylic acids is 1. The molecular formula is C20H21ClN4O2. The van der Waals surface area contributed by atoms with Gasteiger partial charge in [-0.05, 0) is 48.2 Å². The fourth-order valence-corrected chi connectivity index (χ4v) is 3.78. The third-order valence-electron chi connectivity index (χ3n) is 5.08. The molecule has 0 radical (unpaired) electrons. The Balaban J connectivity index is 1.63. The molecule has 1 saturated carbocycles. The van der Waals surface area contributed by atoms with Gasteiger partial charge >= 0.3 is 0 Å². The molecule has 2 atom stereocenters. The summed E-state index contributed by atoms with van der Waals surface area (Å²) >= 11 is 5.86. The summed E-state index contributed by atoms with van der Waals surface area (Å²) in [6.07, 6.45) is 7.08. The number of halogens is 1. The summed E-state index contributed by atoms with van der Waals surface area (Å²) in [4.78, 5) is 17.0. The van der Waals surface area contributed by atoms with Crippen LogP contribution < -0.4 is 5.32 Å². The van der Waals surface area contributed by atoms with E-state index in [0.29, 0.717) is 17.3 Å². The number of hydrogen-bond donors (Lipinski definition) is 2. The van der Waals surface area contributed by atoms with Crippen LogP contribution in [0.25, 0.3) is 5.52 Å². The van der Waals surface area contributed by atoms with Crippen molar-refractivity contribution in [3.63, 3.8) is 0 Å². The third kappa shape index (κ3) is 3.82. The molecule has 0 spiro atoms. The highest BCUT2D eigenvalue weighted by atomic mass is 35.5. The zero-order valence-electron chi connectivity index (χ0n) is 14.8. The predicted octanol–water partition coefficient (Wildman–Crippen LogP) is 3.01. The molecule has 3 aromatic heterocycles. The van der Waals surface area contributed by atoms with Crippen LogP contribution in [-0.2, 0) is 6.42 Å². The summed E-state index contributed by atoms with van der Waals surface area (Å²) in [5, 5.41) is 17.9. The summed E-state index contributed by atoms with van der Waals surface area (Å²) in [6.45, 7) is 0. The van der Waals surface area contributed by atoms with Gasteiger partial charge in [-0.15, -0.1) is 0 Å². The second-order valence-electron chi connectivity index (χ2n) is 6.97. The van der Waals surface area contributed by atoms with Gasteiger partial charge < -0.3 is 10.4 Å². The Bertz CT molecular complexity index is 954. The highest BCUT2D eigenvalue weighted by Crippen LogP contribution is 2.22. The van der Waals surface area contributed by atoms with Crippen LogP contribution >= 0.6 is 11.6 Å². The Morgan fingerprint density at radius 3 is 2.93 bits per heavy atom. The van der Waals surface area contributed by atoms with Crippen LogP contribution in [0.5, 0.6) is 0 Å². The van der Waals surface area contributed by atoms with E-state index in [-0.39, 0.29) is 11.9 Å². The first-order valence-electron chi connectivity index (χ1n) is 9.17. The number of aliphatic hydroxyl groups is 1. The number of nitrogens with zero attached hydrogens (tertiary/aromatic N) is 3. The van der Waals surface area contributed by atoms with Crippen LogP contribution in [-0.4, -0.2) is 37.8 Å². The average molecular weight is 385 g/mol. The first kappa shape index (κ1) is 17.9. The van der Waals surface area contributed by atoms with Gasteiger partial charge in [-0.2, -0.15) is 5.10 Å². The smallest absolute Gasteiger partial charge is 0.270 e. The monoisotopic (exact) mass is 384 g/mol. The number of hydrogen-bond acceptors (Lipinski definition) is 4. The van der Waals surface area contributed by atoms with E-state index in [2.05, 4.69) is 15.4 Å². The minimum absolute atomic E-state index is 0.204. The first-order chi connectivity index (χ1) is 13.1. The highest BCUT2D eigenvalue weighted by molar-refractivity contribution is 6.29. The Morgan fingerprint density at radius 2 is 2.15 bits per heavy atom. The molecule has 0 unspecified atom stereocenters. The number of amides is 1. The Labute approximate surface area is 162 Å². The van der Waals surface area contributed by atoms with Crippen molar-refractivity contribution in [2.45, 2.75) is 44.2 Å². The molecule has 1 fully saturated rings. The molecule has 140 valence electrons. The molecule has 2 N–H and O–H groups in total. The van der Waals surface area contributed by atoms with E-state index >= 15 is 0 Å². The molecule has 4 rings (SSSR count). The molecule has 0 aliphatic heterocycles. The minimum atomic E-state index is -0.485. The summed E-state index contributed by atoms with van der Waals surface area (Å²) in [5.41, 5.74) is 3.34. The second kappa shape index (κ2) is 7.66. The van der Waals surface area contributed by atoms with Crippen LogP contribution in [0, 0.1) is 0 Å². The Morgan fingerprint density at radius 1 is 1.30 bits per heavy atom. The molecular weight excluding hydrogens is 364 g/mol. The lowest BCUT2D eigenvalue weighted by atomic mass is 9.92. The number of carbonyl (C=O) groups is 1. The zero-order valence-corrected chi connectivity index (χ0v) is 15.6. The van der Waals surface area contributed by atoms with E-state index in [1.165, 1.54) is 0 Å². The van der Waals surface area contributed by atoms with Crippen molar-refractivity contribution in [2.75, 3.05) is 0 Å². The minimum Gasteiger partial charge on any atom is -0.391 e. The fraction of sp³-hybridized carbons (Fsp3) is 0.350. The van der Waals surface area contributed by atoms with Gasteiger partial charge in [-0.25, -0.2) is 9.50 Å². The third-order valence-corrected chi connectivity index (χ3v) is 5.30. The lowest BCUT2D eigenvalue weighted by Crippen LogP contribution is -2.45. The number of nitrogens with one attached hydrogen (secondary N) is 1. The number of aliphatic hydroxyl groups excluding tert-OH is 1. The molecule has 0 aromatic carbocycles. The van der Waals surface area contributed by atoms with E-state index in [1.807, 2.05) is 24.3 Å². The maximum absolute atomic E-state index is 12.9. The van der Waals surface area contributed by atoms with Crippen molar-refractivity contribution in [1.82, 2.24) is 19.9 Å². The van der Waals surface area contributed by atoms with E-state index in [1.54, 1.807) is 23.0 Å². The van der Waals surface area contributed by atoms with E-state index < -0.39 is 6.10 Å². The molecule has 1 aliphatic rings. The maximum atomic E-state index is 12.9. The van der Waals surface area contributed by atoms with Crippen molar-refractivity contribution in [3.05, 3.63) is 64.7 Å². The summed E-state index contributed by atoms with van der Waals surface area (Å²) < 4.78 is 1.66. The van der Waals surface area contributed by atoms with Gasteiger partial charge in [0.25, 0.3) is 5.91 Å². The Hall–Kier alpha value is -2.44. The van der Waals surface area contributed by atoms with E-state index in [4.69, 9.17) is 11.6 Å². The van der Waals surface area contributed by atoms with Gasteiger partial charge in [0.1, 0.15) is 10.8 Å². The first-order valence-corrected chi connectivity index (χ1v) is 9.54. The lowest BCUT2D eigenvalue weighted by Gasteiger charge is -2.28. The van der Waals surface area contributed by atoms with E-state index in [9.17, 15) is 9.90 Å². The van der Waals surface area contributed by atoms with Crippen LogP contribution in [0.2, 0.25) is 5.15 Å². The molecule has 0 bridgehead atoms. The van der Waals surface area contributed by atoms with Crippen molar-refractivity contribution >= 4 is 23.0 Å². The number of pyridine rings is 1. The second-order valence-corrected chi connectivity index (χ2v) is 7.36. The number of fused-ring (bicyclic) bond motifs is 1. The van der Waals surface area contributed by atoms with Gasteiger partial charge in [0.05, 0.1) is 17.7 Å². The molecule has 0 saturated heterocycles. The molecule has 1 amide bonds. The van der Waals surface area contributed by atoms with Crippen LogP contribution in [0.3, 0.4) is 0 Å². The average Bonchev–Trinajstić information content (AvgIpc) is 3.04. The largest absolute Gasteiger partial charge is 0.391 e. The van der Waals surface area contributed by atoms with Gasteiger partial charge in [0, 0.05) is 18.8 Å². The van der Waals surface area contributed by atoms with Crippen LogP contribution in [0.15, 0.2) is 42.7 Å². The molecule has 1 aliphatic carbocycles. The summed E-state index contributed by atoms with van der Waals surface area (Å²) in [5.74, 6) is -0.213. The van der Waals surface area contributed by atoms with Crippen molar-refractivity contribution < 1.29 is 9.90 Å². The normalized spacial score (nSPS) is 19.9. The molecule has 6 nitrogen and oxygen atoms in total. The van der Waals surface area contributed by atoms with Gasteiger partial charge in [0.15, 0.2) is 0 Å². The Kier molecular flexibility index (Phi) is 5.09. The predicted molar refractivity (Wildman–Crippen MR) is 103 cm³/mol. The van der Waals surface area contributed by atoms with Crippen LogP contribution in [0.1, 0.15) is 47.3 Å². The highest BCUT2D eigenvalue weighted by Gasteiger charge is 2.26. The quantitative estimate of drug-likeness (QED) is 0.678. The van der Waals surface area contributed by atoms with Crippen molar-refractivity contribution in [3.8, 4) is 0 Å². The fourth-order valence-electron chi connectivity index (χ4n) is 3.66. The number of rotatable bonds is 4.